The van der Waals surface area contributed by atoms with Gasteiger partial charge in [0.2, 0.25) is 0 Å². The summed E-state index contributed by atoms with van der Waals surface area (Å²) in [6.07, 6.45) is 3.10. The Morgan fingerprint density at radius 2 is 1.94 bits per heavy atom. The molecular weight excluding hydrogens is 202 g/mol. The molecule has 0 atom stereocenters. The molecule has 1 aromatic rings. The molecule has 0 spiro atoms. The molecule has 0 aromatic carbocycles. The van der Waals surface area contributed by atoms with Crippen molar-refractivity contribution >= 4 is 18.0 Å². The van der Waals surface area contributed by atoms with Gasteiger partial charge in [-0.25, -0.2) is 5.43 Å². The quantitative estimate of drug-likeness (QED) is 0.683. The van der Waals surface area contributed by atoms with Gasteiger partial charge in [-0.05, 0) is 6.08 Å². The maximum absolute atomic E-state index is 11.5. The first-order chi connectivity index (χ1) is 7.72. The van der Waals surface area contributed by atoms with E-state index in [0.717, 1.165) is 0 Å². The average Bonchev–Trinajstić information content (AvgIpc) is 2.31. The van der Waals surface area contributed by atoms with E-state index in [-0.39, 0.29) is 5.43 Å². The van der Waals surface area contributed by atoms with Gasteiger partial charge in [-0.1, -0.05) is 33.1 Å². The highest BCUT2D eigenvalue weighted by molar-refractivity contribution is 5.62. The number of hydrogen-bond acceptors (Lipinski definition) is 3. The number of aromatic nitrogens is 1. The molecule has 4 nitrogen and oxygen atoms in total. The Labute approximate surface area is 96.1 Å². The van der Waals surface area contributed by atoms with Gasteiger partial charge >= 0.3 is 0 Å². The van der Waals surface area contributed by atoms with E-state index in [1.807, 2.05) is 13.8 Å². The van der Waals surface area contributed by atoms with Crippen LogP contribution < -0.4 is 16.3 Å². The van der Waals surface area contributed by atoms with Gasteiger partial charge in [0.05, 0.1) is 5.69 Å². The van der Waals surface area contributed by atoms with Gasteiger partial charge < -0.3 is 10.4 Å². The zero-order valence-corrected chi connectivity index (χ0v) is 10.1. The molecule has 1 heterocycles. The van der Waals surface area contributed by atoms with Crippen molar-refractivity contribution in [1.82, 2.24) is 10.4 Å². The van der Waals surface area contributed by atoms with Gasteiger partial charge in [-0.15, -0.1) is 0 Å². The van der Waals surface area contributed by atoms with Crippen LogP contribution in [-0.2, 0) is 0 Å². The minimum Gasteiger partial charge on any atom is -0.340 e. The van der Waals surface area contributed by atoms with E-state index in [1.165, 1.54) is 12.1 Å². The van der Waals surface area contributed by atoms with Crippen LogP contribution in [0.25, 0.3) is 12.2 Å². The molecule has 1 rings (SSSR count). The van der Waals surface area contributed by atoms with Crippen LogP contribution in [0.15, 0.2) is 24.0 Å². The maximum Gasteiger partial charge on any atom is 0.191 e. The van der Waals surface area contributed by atoms with E-state index in [1.54, 1.807) is 13.1 Å². The van der Waals surface area contributed by atoms with Crippen LogP contribution in [0.3, 0.4) is 0 Å². The summed E-state index contributed by atoms with van der Waals surface area (Å²) < 4.78 is 0. The van der Waals surface area contributed by atoms with Crippen molar-refractivity contribution in [3.05, 3.63) is 40.7 Å². The van der Waals surface area contributed by atoms with Crippen molar-refractivity contribution < 1.29 is 0 Å². The smallest absolute Gasteiger partial charge is 0.191 e. The number of H-pyrrole nitrogens is 1. The summed E-state index contributed by atoms with van der Waals surface area (Å²) in [5.74, 6) is 0.595. The lowest BCUT2D eigenvalue weighted by atomic mass is 10.2. The monoisotopic (exact) mass is 221 g/mol. The molecule has 88 valence electrons. The van der Waals surface area contributed by atoms with Crippen molar-refractivity contribution in [2.75, 3.05) is 12.5 Å². The fraction of sp³-hybridized carbons (Fsp3) is 0.250. The number of rotatable bonds is 4. The highest BCUT2D eigenvalue weighted by Gasteiger charge is 2.02. The molecule has 0 saturated carbocycles. The topological polar surface area (TPSA) is 56.9 Å². The molecule has 0 fully saturated rings. The number of pyridine rings is 1. The predicted octanol–water partition coefficient (Wildman–Crippen LogP) is 2.23. The van der Waals surface area contributed by atoms with Crippen molar-refractivity contribution in [3.63, 3.8) is 0 Å². The van der Waals surface area contributed by atoms with Crippen LogP contribution in [0.4, 0.5) is 5.82 Å². The molecule has 0 aliphatic rings. The number of anilines is 1. The molecule has 0 unspecified atom stereocenters. The van der Waals surface area contributed by atoms with Crippen molar-refractivity contribution in [2.24, 2.45) is 0 Å². The Hall–Kier alpha value is -1.81. The van der Waals surface area contributed by atoms with Crippen molar-refractivity contribution in [3.8, 4) is 0 Å². The first kappa shape index (κ1) is 14.2. The molecule has 1 aromatic heterocycles. The van der Waals surface area contributed by atoms with Crippen LogP contribution in [0.5, 0.6) is 0 Å². The van der Waals surface area contributed by atoms with Gasteiger partial charge in [-0.3, -0.25) is 4.79 Å². The maximum atomic E-state index is 11.5. The first-order valence-electron chi connectivity index (χ1n) is 5.18. The largest absolute Gasteiger partial charge is 0.340 e. The van der Waals surface area contributed by atoms with E-state index in [0.29, 0.717) is 17.1 Å². The predicted molar refractivity (Wildman–Crippen MR) is 71.3 cm³/mol. The summed E-state index contributed by atoms with van der Waals surface area (Å²) >= 11 is 0. The summed E-state index contributed by atoms with van der Waals surface area (Å²) in [7, 11) is 1.72. The lowest BCUT2D eigenvalue weighted by Gasteiger charge is -2.07. The van der Waals surface area contributed by atoms with Gasteiger partial charge in [0.15, 0.2) is 5.43 Å². The molecule has 0 amide bonds. The Balaban J connectivity index is 0.00000106. The van der Waals surface area contributed by atoms with E-state index in [9.17, 15) is 4.79 Å². The molecular formula is C12H19N3O. The molecule has 0 aliphatic carbocycles. The number of hydrazine groups is 1. The van der Waals surface area contributed by atoms with Crippen molar-refractivity contribution in [1.29, 1.82) is 0 Å². The van der Waals surface area contributed by atoms with E-state index >= 15 is 0 Å². The Bertz CT molecular complexity index is 407. The summed E-state index contributed by atoms with van der Waals surface area (Å²) in [4.78, 5) is 14.5. The second-order valence-electron chi connectivity index (χ2n) is 2.66. The second kappa shape index (κ2) is 7.48. The average molecular weight is 221 g/mol. The summed E-state index contributed by atoms with van der Waals surface area (Å²) in [6.45, 7) is 11.2. The highest BCUT2D eigenvalue weighted by atomic mass is 16.1. The minimum absolute atomic E-state index is 0.0913. The summed E-state index contributed by atoms with van der Waals surface area (Å²) in [5, 5.41) is 0. The third-order valence-corrected chi connectivity index (χ3v) is 1.77. The van der Waals surface area contributed by atoms with Gasteiger partial charge in [0.25, 0.3) is 0 Å². The number of hydrogen-bond donors (Lipinski definition) is 3. The van der Waals surface area contributed by atoms with Crippen LogP contribution in [0.2, 0.25) is 0 Å². The number of aromatic amines is 1. The van der Waals surface area contributed by atoms with E-state index in [4.69, 9.17) is 0 Å². The van der Waals surface area contributed by atoms with Crippen LogP contribution >= 0.6 is 0 Å². The Morgan fingerprint density at radius 1 is 1.31 bits per heavy atom. The SMILES string of the molecule is C=Cc1[nH]c(NNC)cc(=O)c1C=C.CC. The molecule has 16 heavy (non-hydrogen) atoms. The molecule has 3 N–H and O–H groups in total. The molecule has 0 aliphatic heterocycles. The summed E-state index contributed by atoms with van der Waals surface area (Å²) in [6, 6.07) is 1.46. The normalized spacial score (nSPS) is 8.69. The van der Waals surface area contributed by atoms with Crippen LogP contribution in [0, 0.1) is 0 Å². The second-order valence-corrected chi connectivity index (χ2v) is 2.66. The number of nitrogens with one attached hydrogen (secondary N) is 3. The molecule has 4 heteroatoms. The van der Waals surface area contributed by atoms with Crippen LogP contribution in [0.1, 0.15) is 25.1 Å². The van der Waals surface area contributed by atoms with E-state index in [2.05, 4.69) is 29.0 Å². The van der Waals surface area contributed by atoms with Crippen LogP contribution in [-0.4, -0.2) is 12.0 Å². The van der Waals surface area contributed by atoms with Crippen molar-refractivity contribution in [2.45, 2.75) is 13.8 Å². The Kier molecular flexibility index (Phi) is 6.63. The van der Waals surface area contributed by atoms with Gasteiger partial charge in [0, 0.05) is 18.7 Å². The first-order valence-corrected chi connectivity index (χ1v) is 5.18. The zero-order valence-electron chi connectivity index (χ0n) is 10.1. The Morgan fingerprint density at radius 3 is 2.38 bits per heavy atom. The van der Waals surface area contributed by atoms with Gasteiger partial charge in [-0.2, -0.15) is 0 Å². The van der Waals surface area contributed by atoms with E-state index < -0.39 is 0 Å². The lowest BCUT2D eigenvalue weighted by molar-refractivity contribution is 0.962. The lowest BCUT2D eigenvalue weighted by Crippen LogP contribution is -2.19. The fourth-order valence-electron chi connectivity index (χ4n) is 1.16. The molecule has 0 bridgehead atoms. The fourth-order valence-corrected chi connectivity index (χ4v) is 1.16. The summed E-state index contributed by atoms with van der Waals surface area (Å²) in [5.41, 5.74) is 6.60. The minimum atomic E-state index is -0.0913. The molecule has 0 radical (unpaired) electrons. The standard InChI is InChI=1S/C10H13N3O.C2H6/c1-4-7-8(5-2)12-10(13-11-3)6-9(7)14;1-2/h4-6,11H,1-2H2,3H3,(H2,12,13,14);1-2H3. The van der Waals surface area contributed by atoms with Gasteiger partial charge in [0.1, 0.15) is 5.82 Å². The molecule has 0 saturated heterocycles. The highest BCUT2D eigenvalue weighted by Crippen LogP contribution is 2.07. The third-order valence-electron chi connectivity index (χ3n) is 1.77. The zero-order chi connectivity index (χ0) is 12.6. The third kappa shape index (κ3) is 3.40.